The van der Waals surface area contributed by atoms with Gasteiger partial charge in [-0.1, -0.05) is 39.0 Å². The predicted molar refractivity (Wildman–Crippen MR) is 82.7 cm³/mol. The van der Waals surface area contributed by atoms with Crippen LogP contribution in [0, 0.1) is 11.8 Å². The molecule has 4 nitrogen and oxygen atoms in total. The van der Waals surface area contributed by atoms with Gasteiger partial charge in [-0.05, 0) is 31.1 Å². The number of hydrogen-bond donors (Lipinski definition) is 2. The van der Waals surface area contributed by atoms with E-state index in [0.717, 1.165) is 31.1 Å². The van der Waals surface area contributed by atoms with Crippen molar-refractivity contribution in [2.75, 3.05) is 7.11 Å². The number of amides is 1. The van der Waals surface area contributed by atoms with Crippen LogP contribution in [0.25, 0.3) is 0 Å². The number of ether oxygens (including phenoxy) is 1. The quantitative estimate of drug-likeness (QED) is 0.741. The maximum Gasteiger partial charge on any atom is 0.225 e. The van der Waals surface area contributed by atoms with Crippen LogP contribution in [-0.4, -0.2) is 30.0 Å². The van der Waals surface area contributed by atoms with Gasteiger partial charge >= 0.3 is 0 Å². The first kappa shape index (κ1) is 16.8. The van der Waals surface area contributed by atoms with Gasteiger partial charge in [-0.3, -0.25) is 4.79 Å². The highest BCUT2D eigenvalue weighted by molar-refractivity contribution is 5.77. The molecule has 0 heterocycles. The van der Waals surface area contributed by atoms with Gasteiger partial charge in [0.1, 0.15) is 0 Å². The molecule has 0 aromatic heterocycles. The summed E-state index contributed by atoms with van der Waals surface area (Å²) in [5.74, 6) is 0.359. The van der Waals surface area contributed by atoms with Gasteiger partial charge in [-0.25, -0.2) is 0 Å². The molecule has 2 aliphatic rings. The summed E-state index contributed by atoms with van der Waals surface area (Å²) < 4.78 is 5.13. The number of carbonyl (C=O) groups excluding carboxylic acids is 1. The van der Waals surface area contributed by atoms with E-state index < -0.39 is 5.79 Å². The Labute approximate surface area is 128 Å². The Kier molecular flexibility index (Phi) is 6.06. The van der Waals surface area contributed by atoms with E-state index in [-0.39, 0.29) is 18.4 Å². The van der Waals surface area contributed by atoms with Gasteiger partial charge < -0.3 is 15.2 Å². The number of aliphatic hydroxyl groups is 1. The average molecular weight is 297 g/mol. The summed E-state index contributed by atoms with van der Waals surface area (Å²) in [4.78, 5) is 12.2. The highest BCUT2D eigenvalue weighted by Gasteiger charge is 2.39. The Morgan fingerprint density at radius 3 is 2.71 bits per heavy atom. The van der Waals surface area contributed by atoms with Crippen molar-refractivity contribution in [1.82, 2.24) is 5.32 Å². The second-order valence-corrected chi connectivity index (χ2v) is 6.97. The summed E-state index contributed by atoms with van der Waals surface area (Å²) in [5, 5.41) is 13.4. The van der Waals surface area contributed by atoms with Gasteiger partial charge in [0, 0.05) is 19.6 Å². The van der Waals surface area contributed by atoms with Gasteiger partial charge in [0.25, 0.3) is 0 Å². The van der Waals surface area contributed by atoms with Crippen LogP contribution < -0.4 is 5.32 Å². The third-order valence-corrected chi connectivity index (χ3v) is 5.11. The van der Waals surface area contributed by atoms with Gasteiger partial charge in [-0.2, -0.15) is 0 Å². The van der Waals surface area contributed by atoms with Crippen molar-refractivity contribution >= 4 is 5.91 Å². The van der Waals surface area contributed by atoms with E-state index in [1.807, 2.05) is 6.92 Å². The number of carbonyl (C=O) groups is 1. The minimum atomic E-state index is -1.31. The van der Waals surface area contributed by atoms with Crippen LogP contribution in [0.1, 0.15) is 71.1 Å². The largest absolute Gasteiger partial charge is 0.365 e. The molecule has 0 radical (unpaired) electrons. The molecule has 0 aromatic carbocycles. The van der Waals surface area contributed by atoms with Crippen molar-refractivity contribution in [2.45, 2.75) is 83.0 Å². The molecular formula is C17H31NO3. The topological polar surface area (TPSA) is 58.6 Å². The fraction of sp³-hybridized carbons (Fsp3) is 0.941. The smallest absolute Gasteiger partial charge is 0.225 e. The van der Waals surface area contributed by atoms with Crippen LogP contribution in [0.3, 0.4) is 0 Å². The monoisotopic (exact) mass is 297 g/mol. The zero-order chi connectivity index (χ0) is 15.3. The van der Waals surface area contributed by atoms with Crippen LogP contribution in [-0.2, 0) is 9.53 Å². The molecule has 0 aliphatic heterocycles. The molecule has 2 aliphatic carbocycles. The van der Waals surface area contributed by atoms with Crippen LogP contribution in [0.2, 0.25) is 0 Å². The SMILES string of the molecule is CCCC(O)(CC(=O)NC1CCCCCC2CC2C1)OC. The lowest BCUT2D eigenvalue weighted by Gasteiger charge is -2.27. The van der Waals surface area contributed by atoms with Crippen molar-refractivity contribution < 1.29 is 14.6 Å². The van der Waals surface area contributed by atoms with Crippen LogP contribution in [0.15, 0.2) is 0 Å². The summed E-state index contributed by atoms with van der Waals surface area (Å²) in [6, 6.07) is 0.285. The first-order chi connectivity index (χ1) is 10.1. The average Bonchev–Trinajstić information content (AvgIpc) is 3.15. The van der Waals surface area contributed by atoms with Crippen LogP contribution in [0.5, 0.6) is 0 Å². The molecule has 2 rings (SSSR count). The number of methoxy groups -OCH3 is 1. The van der Waals surface area contributed by atoms with E-state index in [4.69, 9.17) is 4.74 Å². The Balaban J connectivity index is 1.82. The molecule has 21 heavy (non-hydrogen) atoms. The van der Waals surface area contributed by atoms with Crippen molar-refractivity contribution in [3.63, 3.8) is 0 Å². The van der Waals surface area contributed by atoms with Gasteiger partial charge in [-0.15, -0.1) is 0 Å². The van der Waals surface area contributed by atoms with E-state index in [0.29, 0.717) is 6.42 Å². The third kappa shape index (κ3) is 5.26. The van der Waals surface area contributed by atoms with E-state index in [9.17, 15) is 9.90 Å². The van der Waals surface area contributed by atoms with Crippen molar-refractivity contribution in [1.29, 1.82) is 0 Å². The van der Waals surface area contributed by atoms with E-state index >= 15 is 0 Å². The molecule has 0 aromatic rings. The highest BCUT2D eigenvalue weighted by atomic mass is 16.6. The van der Waals surface area contributed by atoms with Crippen molar-refractivity contribution in [2.24, 2.45) is 11.8 Å². The molecule has 4 heteroatoms. The minimum absolute atomic E-state index is 0.0436. The molecule has 1 amide bonds. The molecule has 2 saturated carbocycles. The molecule has 2 N–H and O–H groups in total. The lowest BCUT2D eigenvalue weighted by molar-refractivity contribution is -0.195. The number of rotatable bonds is 6. The third-order valence-electron chi connectivity index (χ3n) is 5.11. The lowest BCUT2D eigenvalue weighted by Crippen LogP contribution is -2.42. The molecule has 122 valence electrons. The zero-order valence-electron chi connectivity index (χ0n) is 13.6. The van der Waals surface area contributed by atoms with E-state index in [2.05, 4.69) is 5.32 Å². The van der Waals surface area contributed by atoms with Crippen molar-refractivity contribution in [3.8, 4) is 0 Å². The Hall–Kier alpha value is -0.610. The predicted octanol–water partition coefficient (Wildman–Crippen LogP) is 2.99. The van der Waals surface area contributed by atoms with Crippen LogP contribution >= 0.6 is 0 Å². The summed E-state index contributed by atoms with van der Waals surface area (Å²) in [7, 11) is 1.47. The molecular weight excluding hydrogens is 266 g/mol. The highest BCUT2D eigenvalue weighted by Crippen LogP contribution is 2.46. The minimum Gasteiger partial charge on any atom is -0.365 e. The van der Waals surface area contributed by atoms with Crippen molar-refractivity contribution in [3.05, 3.63) is 0 Å². The molecule has 0 bridgehead atoms. The molecule has 4 unspecified atom stereocenters. The number of fused-ring (bicyclic) bond motifs is 1. The lowest BCUT2D eigenvalue weighted by atomic mass is 10.0. The first-order valence-corrected chi connectivity index (χ1v) is 8.63. The maximum absolute atomic E-state index is 12.2. The second-order valence-electron chi connectivity index (χ2n) is 6.97. The Bertz CT molecular complexity index is 347. The first-order valence-electron chi connectivity index (χ1n) is 8.63. The molecule has 4 atom stereocenters. The standard InChI is InChI=1S/C17H31NO3/c1-3-9-17(20,21-2)12-16(19)18-15-8-6-4-5-7-13-10-14(13)11-15/h13-15,20H,3-12H2,1-2H3,(H,18,19). The molecule has 0 spiro atoms. The fourth-order valence-electron chi connectivity index (χ4n) is 3.72. The Morgan fingerprint density at radius 1 is 1.24 bits per heavy atom. The summed E-state index contributed by atoms with van der Waals surface area (Å²) in [6.07, 6.45) is 10.1. The number of nitrogens with one attached hydrogen (secondary N) is 1. The van der Waals surface area contributed by atoms with Gasteiger partial charge in [0.15, 0.2) is 5.79 Å². The van der Waals surface area contributed by atoms with Crippen LogP contribution in [0.4, 0.5) is 0 Å². The fourth-order valence-corrected chi connectivity index (χ4v) is 3.72. The van der Waals surface area contributed by atoms with E-state index in [1.54, 1.807) is 0 Å². The van der Waals surface area contributed by atoms with Gasteiger partial charge in [0.05, 0.1) is 6.42 Å². The normalized spacial score (nSPS) is 32.0. The molecule has 2 fully saturated rings. The summed E-state index contributed by atoms with van der Waals surface area (Å²) >= 11 is 0. The zero-order valence-corrected chi connectivity index (χ0v) is 13.6. The Morgan fingerprint density at radius 2 is 2.00 bits per heavy atom. The second kappa shape index (κ2) is 7.59. The number of hydrogen-bond acceptors (Lipinski definition) is 3. The summed E-state index contributed by atoms with van der Waals surface area (Å²) in [5.41, 5.74) is 0. The van der Waals surface area contributed by atoms with E-state index in [1.165, 1.54) is 39.2 Å². The maximum atomic E-state index is 12.2. The molecule has 0 saturated heterocycles. The summed E-state index contributed by atoms with van der Waals surface area (Å²) in [6.45, 7) is 1.98. The van der Waals surface area contributed by atoms with Gasteiger partial charge in [0.2, 0.25) is 5.91 Å².